The quantitative estimate of drug-likeness (QED) is 0.649. The van der Waals surface area contributed by atoms with Crippen LogP contribution in [0.3, 0.4) is 0 Å². The van der Waals surface area contributed by atoms with Crippen LogP contribution < -0.4 is 0 Å². The molecule has 1 N–H and O–H groups in total. The molecule has 3 nitrogen and oxygen atoms in total. The molecule has 2 aromatic carbocycles. The lowest BCUT2D eigenvalue weighted by molar-refractivity contribution is 0.835. The molecule has 1 aliphatic rings. The molecule has 0 saturated carbocycles. The lowest BCUT2D eigenvalue weighted by atomic mass is 10.0. The van der Waals surface area contributed by atoms with E-state index >= 15 is 0 Å². The van der Waals surface area contributed by atoms with Gasteiger partial charge in [0.25, 0.3) is 0 Å². The normalized spacial score (nSPS) is 17.2. The standard InChI is InChI=1S/C15H11N3/c1-3-7-12-10(5-1)9-14(16-12)15-11-6-2-4-8-13(11)17-18-15/h1-9,15-16H. The Morgan fingerprint density at radius 2 is 1.78 bits per heavy atom. The minimum Gasteiger partial charge on any atom is -0.356 e. The van der Waals surface area contributed by atoms with Crippen LogP contribution in [0.5, 0.6) is 0 Å². The van der Waals surface area contributed by atoms with Crippen LogP contribution >= 0.6 is 0 Å². The molecule has 86 valence electrons. The summed E-state index contributed by atoms with van der Waals surface area (Å²) in [5, 5.41) is 9.81. The first-order chi connectivity index (χ1) is 8.92. The smallest absolute Gasteiger partial charge is 0.138 e. The molecule has 3 aromatic rings. The monoisotopic (exact) mass is 233 g/mol. The van der Waals surface area contributed by atoms with Crippen LogP contribution in [-0.4, -0.2) is 4.98 Å². The summed E-state index contributed by atoms with van der Waals surface area (Å²) in [6.07, 6.45) is 0. The zero-order valence-electron chi connectivity index (χ0n) is 9.67. The van der Waals surface area contributed by atoms with E-state index in [-0.39, 0.29) is 6.04 Å². The van der Waals surface area contributed by atoms with Gasteiger partial charge in [-0.1, -0.05) is 36.4 Å². The number of rotatable bonds is 1. The van der Waals surface area contributed by atoms with Gasteiger partial charge < -0.3 is 4.98 Å². The molecule has 0 aliphatic carbocycles. The van der Waals surface area contributed by atoms with E-state index in [1.54, 1.807) is 0 Å². The van der Waals surface area contributed by atoms with Crippen molar-refractivity contribution in [2.24, 2.45) is 10.2 Å². The van der Waals surface area contributed by atoms with Crippen LogP contribution in [0.2, 0.25) is 0 Å². The van der Waals surface area contributed by atoms with Crippen molar-refractivity contribution >= 4 is 16.6 Å². The van der Waals surface area contributed by atoms with E-state index in [2.05, 4.69) is 39.5 Å². The van der Waals surface area contributed by atoms with Crippen molar-refractivity contribution < 1.29 is 0 Å². The molecule has 1 aliphatic heterocycles. The molecule has 0 radical (unpaired) electrons. The van der Waals surface area contributed by atoms with Crippen molar-refractivity contribution in [1.29, 1.82) is 0 Å². The van der Waals surface area contributed by atoms with Gasteiger partial charge >= 0.3 is 0 Å². The summed E-state index contributed by atoms with van der Waals surface area (Å²) in [5.74, 6) is 0. The molecule has 0 fully saturated rings. The molecule has 0 saturated heterocycles. The van der Waals surface area contributed by atoms with Gasteiger partial charge in [0.05, 0.1) is 5.69 Å². The predicted molar refractivity (Wildman–Crippen MR) is 71.1 cm³/mol. The zero-order chi connectivity index (χ0) is 11.9. The van der Waals surface area contributed by atoms with Gasteiger partial charge in [-0.15, -0.1) is 0 Å². The van der Waals surface area contributed by atoms with E-state index in [0.29, 0.717) is 0 Å². The van der Waals surface area contributed by atoms with Crippen molar-refractivity contribution in [3.8, 4) is 0 Å². The second-order valence-corrected chi connectivity index (χ2v) is 4.49. The Labute approximate surface area is 104 Å². The fourth-order valence-electron chi connectivity index (χ4n) is 2.46. The minimum atomic E-state index is 0.00796. The summed E-state index contributed by atoms with van der Waals surface area (Å²) >= 11 is 0. The number of nitrogens with zero attached hydrogens (tertiary/aromatic N) is 2. The van der Waals surface area contributed by atoms with Crippen LogP contribution in [0.4, 0.5) is 5.69 Å². The lowest BCUT2D eigenvalue weighted by Crippen LogP contribution is -1.93. The molecule has 1 atom stereocenters. The van der Waals surface area contributed by atoms with Crippen molar-refractivity contribution in [1.82, 2.24) is 4.98 Å². The molecular weight excluding hydrogens is 222 g/mol. The van der Waals surface area contributed by atoms with E-state index in [1.165, 1.54) is 10.9 Å². The zero-order valence-corrected chi connectivity index (χ0v) is 9.67. The topological polar surface area (TPSA) is 40.5 Å². The van der Waals surface area contributed by atoms with Crippen LogP contribution in [-0.2, 0) is 0 Å². The van der Waals surface area contributed by atoms with Crippen molar-refractivity contribution in [2.75, 3.05) is 0 Å². The highest BCUT2D eigenvalue weighted by Crippen LogP contribution is 2.39. The van der Waals surface area contributed by atoms with E-state index in [0.717, 1.165) is 16.9 Å². The first-order valence-corrected chi connectivity index (χ1v) is 5.99. The van der Waals surface area contributed by atoms with Crippen molar-refractivity contribution in [3.63, 3.8) is 0 Å². The minimum absolute atomic E-state index is 0.00796. The third kappa shape index (κ3) is 1.31. The molecule has 1 unspecified atom stereocenters. The molecule has 3 heteroatoms. The first kappa shape index (κ1) is 9.59. The first-order valence-electron chi connectivity index (χ1n) is 5.99. The predicted octanol–water partition coefficient (Wildman–Crippen LogP) is 4.35. The fourth-order valence-corrected chi connectivity index (χ4v) is 2.46. The number of azo groups is 1. The van der Waals surface area contributed by atoms with Crippen LogP contribution in [0, 0.1) is 0 Å². The molecule has 0 amide bonds. The van der Waals surface area contributed by atoms with Gasteiger partial charge in [0.2, 0.25) is 0 Å². The summed E-state index contributed by atoms with van der Waals surface area (Å²) in [6, 6.07) is 18.5. The number of benzene rings is 2. The fraction of sp³-hybridized carbons (Fsp3) is 0.0667. The number of hydrogen-bond acceptors (Lipinski definition) is 2. The molecule has 2 heterocycles. The summed E-state index contributed by atoms with van der Waals surface area (Å²) in [7, 11) is 0. The largest absolute Gasteiger partial charge is 0.356 e. The Bertz CT molecular complexity index is 722. The number of aromatic amines is 1. The average Bonchev–Trinajstić information content (AvgIpc) is 3.02. The van der Waals surface area contributed by atoms with Gasteiger partial charge in [-0.3, -0.25) is 0 Å². The second kappa shape index (κ2) is 3.53. The Hall–Kier alpha value is -2.42. The molecule has 4 rings (SSSR count). The molecular formula is C15H11N3. The van der Waals surface area contributed by atoms with Gasteiger partial charge in [0.15, 0.2) is 0 Å². The summed E-state index contributed by atoms with van der Waals surface area (Å²) in [4.78, 5) is 3.42. The Morgan fingerprint density at radius 3 is 2.72 bits per heavy atom. The van der Waals surface area contributed by atoms with Crippen LogP contribution in [0.15, 0.2) is 64.8 Å². The van der Waals surface area contributed by atoms with Gasteiger partial charge in [0, 0.05) is 16.8 Å². The van der Waals surface area contributed by atoms with Gasteiger partial charge in [-0.25, -0.2) is 0 Å². The third-order valence-corrected chi connectivity index (χ3v) is 3.36. The van der Waals surface area contributed by atoms with E-state index in [4.69, 9.17) is 0 Å². The highest BCUT2D eigenvalue weighted by molar-refractivity contribution is 5.80. The summed E-state index contributed by atoms with van der Waals surface area (Å²) in [6.45, 7) is 0. The van der Waals surface area contributed by atoms with E-state index in [1.807, 2.05) is 30.3 Å². The Balaban J connectivity index is 1.87. The third-order valence-electron chi connectivity index (χ3n) is 3.36. The lowest BCUT2D eigenvalue weighted by Gasteiger charge is -2.04. The van der Waals surface area contributed by atoms with E-state index < -0.39 is 0 Å². The number of para-hydroxylation sites is 1. The maximum absolute atomic E-state index is 4.36. The number of aromatic nitrogens is 1. The SMILES string of the molecule is c1ccc2c(c1)N=NC2c1cc2ccccc2[nH]1. The van der Waals surface area contributed by atoms with Crippen LogP contribution in [0.25, 0.3) is 10.9 Å². The molecule has 18 heavy (non-hydrogen) atoms. The highest BCUT2D eigenvalue weighted by Gasteiger charge is 2.23. The summed E-state index contributed by atoms with van der Waals surface area (Å²) < 4.78 is 0. The maximum atomic E-state index is 4.36. The number of hydrogen-bond donors (Lipinski definition) is 1. The number of nitrogens with one attached hydrogen (secondary N) is 1. The highest BCUT2D eigenvalue weighted by atomic mass is 15.2. The average molecular weight is 233 g/mol. The van der Waals surface area contributed by atoms with Crippen molar-refractivity contribution in [3.05, 3.63) is 65.9 Å². The number of fused-ring (bicyclic) bond motifs is 2. The Kier molecular flexibility index (Phi) is 1.88. The van der Waals surface area contributed by atoms with E-state index in [9.17, 15) is 0 Å². The Morgan fingerprint density at radius 1 is 0.944 bits per heavy atom. The summed E-state index contributed by atoms with van der Waals surface area (Å²) in [5.41, 5.74) is 4.39. The van der Waals surface area contributed by atoms with Gasteiger partial charge in [-0.2, -0.15) is 10.2 Å². The molecule has 0 spiro atoms. The maximum Gasteiger partial charge on any atom is 0.138 e. The second-order valence-electron chi connectivity index (χ2n) is 4.49. The van der Waals surface area contributed by atoms with Gasteiger partial charge in [-0.05, 0) is 23.6 Å². The molecule has 1 aromatic heterocycles. The van der Waals surface area contributed by atoms with Crippen LogP contribution in [0.1, 0.15) is 17.3 Å². The number of H-pyrrole nitrogens is 1. The molecule has 0 bridgehead atoms. The van der Waals surface area contributed by atoms with Gasteiger partial charge in [0.1, 0.15) is 6.04 Å². The van der Waals surface area contributed by atoms with Crippen molar-refractivity contribution in [2.45, 2.75) is 6.04 Å².